The molecule has 0 atom stereocenters. The van der Waals surface area contributed by atoms with Crippen LogP contribution in [0.4, 0.5) is 0 Å². The number of aromatic nitrogens is 3. The third-order valence-electron chi connectivity index (χ3n) is 4.14. The molecule has 6 nitrogen and oxygen atoms in total. The lowest BCUT2D eigenvalue weighted by Gasteiger charge is -2.13. The molecule has 0 fully saturated rings. The van der Waals surface area contributed by atoms with E-state index in [1.807, 2.05) is 37.3 Å². The first-order valence-corrected chi connectivity index (χ1v) is 7.69. The Bertz CT molecular complexity index is 1290. The van der Waals surface area contributed by atoms with Gasteiger partial charge in [-0.25, -0.2) is 4.98 Å². The number of pyridine rings is 2. The van der Waals surface area contributed by atoms with E-state index in [1.54, 1.807) is 29.0 Å². The second kappa shape index (κ2) is 5.42. The zero-order valence-electron chi connectivity index (χ0n) is 13.4. The fraction of sp³-hybridized carbons (Fsp3) is 0.0526. The first kappa shape index (κ1) is 14.8. The van der Waals surface area contributed by atoms with Crippen LogP contribution in [0.2, 0.25) is 0 Å². The average molecular weight is 327 g/mol. The van der Waals surface area contributed by atoms with E-state index in [0.717, 1.165) is 5.56 Å². The first-order chi connectivity index (χ1) is 12.1. The van der Waals surface area contributed by atoms with Crippen LogP contribution in [0.3, 0.4) is 0 Å². The van der Waals surface area contributed by atoms with Crippen molar-refractivity contribution in [2.75, 3.05) is 0 Å². The molecule has 1 N–H and O–H groups in total. The Kier molecular flexibility index (Phi) is 3.22. The van der Waals surface area contributed by atoms with Crippen molar-refractivity contribution in [2.24, 2.45) is 0 Å². The summed E-state index contributed by atoms with van der Waals surface area (Å²) < 4.78 is 2.98. The van der Waals surface area contributed by atoms with Gasteiger partial charge in [-0.2, -0.15) is 5.26 Å². The molecule has 3 aromatic heterocycles. The summed E-state index contributed by atoms with van der Waals surface area (Å²) in [5.41, 5.74) is 2.49. The fourth-order valence-corrected chi connectivity index (χ4v) is 2.86. The summed E-state index contributed by atoms with van der Waals surface area (Å²) in [6.45, 7) is 1.97. The van der Waals surface area contributed by atoms with Gasteiger partial charge in [0.05, 0.1) is 10.9 Å². The van der Waals surface area contributed by atoms with Crippen LogP contribution in [0, 0.1) is 23.7 Å². The summed E-state index contributed by atoms with van der Waals surface area (Å²) in [7, 11) is 0. The standard InChI is InChI=1S/C19H13N5O/c1-12-5-7-14(8-6-12)24-17(21)13(11-20)10-15-18(24)22-16-4-2-3-9-23(16)19(15)25/h2-10,21H,1H3. The average Bonchev–Trinajstić information content (AvgIpc) is 2.63. The maximum Gasteiger partial charge on any atom is 0.267 e. The predicted molar refractivity (Wildman–Crippen MR) is 93.6 cm³/mol. The quantitative estimate of drug-likeness (QED) is 0.544. The summed E-state index contributed by atoms with van der Waals surface area (Å²) in [5.74, 6) is 0. The largest absolute Gasteiger partial charge is 0.283 e. The second-order valence-corrected chi connectivity index (χ2v) is 5.77. The number of hydrogen-bond acceptors (Lipinski definition) is 4. The number of hydrogen-bond donors (Lipinski definition) is 1. The number of nitrogens with one attached hydrogen (secondary N) is 1. The lowest BCUT2D eigenvalue weighted by Crippen LogP contribution is -2.26. The molecule has 3 heterocycles. The van der Waals surface area contributed by atoms with Gasteiger partial charge in [0.25, 0.3) is 5.56 Å². The minimum Gasteiger partial charge on any atom is -0.283 e. The maximum atomic E-state index is 12.8. The molecule has 0 aliphatic heterocycles. The Hall–Kier alpha value is -3.72. The van der Waals surface area contributed by atoms with Gasteiger partial charge in [0.2, 0.25) is 0 Å². The van der Waals surface area contributed by atoms with Crippen molar-refractivity contribution in [2.45, 2.75) is 6.92 Å². The van der Waals surface area contributed by atoms with E-state index in [-0.39, 0.29) is 16.6 Å². The van der Waals surface area contributed by atoms with Crippen LogP contribution in [0.5, 0.6) is 0 Å². The summed E-state index contributed by atoms with van der Waals surface area (Å²) in [4.78, 5) is 17.4. The normalized spacial score (nSPS) is 10.9. The third kappa shape index (κ3) is 2.22. The Balaban J connectivity index is 2.26. The van der Waals surface area contributed by atoms with E-state index in [1.165, 1.54) is 10.5 Å². The van der Waals surface area contributed by atoms with Gasteiger partial charge in [0.1, 0.15) is 17.2 Å². The molecule has 0 spiro atoms. The number of nitriles is 1. The predicted octanol–water partition coefficient (Wildman–Crippen LogP) is 2.30. The molecule has 0 saturated carbocycles. The van der Waals surface area contributed by atoms with Crippen molar-refractivity contribution in [3.05, 3.63) is 81.7 Å². The van der Waals surface area contributed by atoms with Gasteiger partial charge in [0, 0.05) is 11.9 Å². The Labute approximate surface area is 142 Å². The third-order valence-corrected chi connectivity index (χ3v) is 4.14. The van der Waals surface area contributed by atoms with E-state index in [9.17, 15) is 10.1 Å². The highest BCUT2D eigenvalue weighted by molar-refractivity contribution is 5.79. The monoisotopic (exact) mass is 327 g/mol. The number of benzene rings is 1. The van der Waals surface area contributed by atoms with Crippen LogP contribution in [-0.4, -0.2) is 14.0 Å². The molecule has 120 valence electrons. The van der Waals surface area contributed by atoms with Crippen LogP contribution >= 0.6 is 0 Å². The van der Waals surface area contributed by atoms with E-state index >= 15 is 0 Å². The molecule has 25 heavy (non-hydrogen) atoms. The van der Waals surface area contributed by atoms with Crippen molar-refractivity contribution in [1.82, 2.24) is 14.0 Å². The number of nitrogens with zero attached hydrogens (tertiary/aromatic N) is 4. The van der Waals surface area contributed by atoms with Crippen molar-refractivity contribution in [3.8, 4) is 11.8 Å². The Morgan fingerprint density at radius 2 is 1.92 bits per heavy atom. The topological polar surface area (TPSA) is 86.9 Å². The molecule has 0 aliphatic rings. The molecule has 0 amide bonds. The molecule has 0 unspecified atom stereocenters. The van der Waals surface area contributed by atoms with Crippen LogP contribution in [0.25, 0.3) is 22.4 Å². The van der Waals surface area contributed by atoms with Gasteiger partial charge < -0.3 is 0 Å². The lowest BCUT2D eigenvalue weighted by molar-refractivity contribution is 0.929. The zero-order valence-corrected chi connectivity index (χ0v) is 13.4. The van der Waals surface area contributed by atoms with E-state index in [4.69, 9.17) is 5.41 Å². The highest BCUT2D eigenvalue weighted by Gasteiger charge is 2.14. The molecule has 0 saturated heterocycles. The molecule has 4 rings (SSSR count). The van der Waals surface area contributed by atoms with E-state index in [0.29, 0.717) is 22.4 Å². The number of fused-ring (bicyclic) bond motifs is 2. The fourth-order valence-electron chi connectivity index (χ4n) is 2.86. The molecule has 0 bridgehead atoms. The SMILES string of the molecule is Cc1ccc(-n2c(=N)c(C#N)cc3c(=O)n4ccccc4nc32)cc1. The zero-order chi connectivity index (χ0) is 17.6. The summed E-state index contributed by atoms with van der Waals surface area (Å²) in [5, 5.41) is 18.1. The highest BCUT2D eigenvalue weighted by Crippen LogP contribution is 2.15. The van der Waals surface area contributed by atoms with Gasteiger partial charge in [-0.15, -0.1) is 0 Å². The van der Waals surface area contributed by atoms with Gasteiger partial charge in [-0.05, 0) is 37.3 Å². The molecule has 6 heteroatoms. The van der Waals surface area contributed by atoms with Crippen LogP contribution in [-0.2, 0) is 0 Å². The van der Waals surface area contributed by atoms with Crippen molar-refractivity contribution >= 4 is 16.7 Å². The molecule has 4 aromatic rings. The molecular formula is C19H13N5O. The van der Waals surface area contributed by atoms with Gasteiger partial charge in [0.15, 0.2) is 5.65 Å². The summed E-state index contributed by atoms with van der Waals surface area (Å²) in [6, 6.07) is 16.3. The van der Waals surface area contributed by atoms with Crippen molar-refractivity contribution < 1.29 is 0 Å². The second-order valence-electron chi connectivity index (χ2n) is 5.77. The van der Waals surface area contributed by atoms with Gasteiger partial charge >= 0.3 is 0 Å². The highest BCUT2D eigenvalue weighted by atomic mass is 16.1. The smallest absolute Gasteiger partial charge is 0.267 e. The molecule has 1 aromatic carbocycles. The van der Waals surface area contributed by atoms with E-state index in [2.05, 4.69) is 4.98 Å². The lowest BCUT2D eigenvalue weighted by atomic mass is 10.2. The Morgan fingerprint density at radius 3 is 2.64 bits per heavy atom. The summed E-state index contributed by atoms with van der Waals surface area (Å²) in [6.07, 6.45) is 1.64. The molecule has 0 radical (unpaired) electrons. The van der Waals surface area contributed by atoms with Crippen LogP contribution < -0.4 is 11.0 Å². The number of aryl methyl sites for hydroxylation is 1. The minimum atomic E-state index is -0.266. The minimum absolute atomic E-state index is 0.00559. The van der Waals surface area contributed by atoms with Gasteiger partial charge in [-0.1, -0.05) is 23.8 Å². The maximum absolute atomic E-state index is 12.8. The molecular weight excluding hydrogens is 314 g/mol. The van der Waals surface area contributed by atoms with Gasteiger partial charge in [-0.3, -0.25) is 19.2 Å². The van der Waals surface area contributed by atoms with Crippen LogP contribution in [0.15, 0.2) is 59.5 Å². The molecule has 0 aliphatic carbocycles. The van der Waals surface area contributed by atoms with Crippen molar-refractivity contribution in [1.29, 1.82) is 10.7 Å². The van der Waals surface area contributed by atoms with Crippen LogP contribution in [0.1, 0.15) is 11.1 Å². The summed E-state index contributed by atoms with van der Waals surface area (Å²) >= 11 is 0. The van der Waals surface area contributed by atoms with Crippen molar-refractivity contribution in [3.63, 3.8) is 0 Å². The van der Waals surface area contributed by atoms with E-state index < -0.39 is 0 Å². The first-order valence-electron chi connectivity index (χ1n) is 7.69. The Morgan fingerprint density at radius 1 is 1.16 bits per heavy atom. The number of rotatable bonds is 1.